The smallest absolute Gasteiger partial charge is 0.266 e. The standard InChI is InChI=1S/C20H25N5O3/c1-13-8-14(2)25(21-13)19-6-7-20(27)24(22-19)11-16-9-23(10-16)12-17(26)18-5-4-15(3)28-18/h4-8,16-17,26H,9-12H2,1-3H3. The summed E-state index contributed by atoms with van der Waals surface area (Å²) >= 11 is 0. The molecule has 8 nitrogen and oxygen atoms in total. The van der Waals surface area contributed by atoms with Crippen LogP contribution >= 0.6 is 0 Å². The van der Waals surface area contributed by atoms with Gasteiger partial charge < -0.3 is 9.52 Å². The Kier molecular flexibility index (Phi) is 4.91. The van der Waals surface area contributed by atoms with Gasteiger partial charge in [-0.25, -0.2) is 9.36 Å². The van der Waals surface area contributed by atoms with E-state index >= 15 is 0 Å². The second-order valence-corrected chi connectivity index (χ2v) is 7.60. The van der Waals surface area contributed by atoms with Gasteiger partial charge in [-0.1, -0.05) is 0 Å². The Morgan fingerprint density at radius 1 is 1.18 bits per heavy atom. The summed E-state index contributed by atoms with van der Waals surface area (Å²) in [6.07, 6.45) is -0.634. The number of hydrogen-bond acceptors (Lipinski definition) is 6. The van der Waals surface area contributed by atoms with Crippen molar-refractivity contribution in [3.05, 3.63) is 63.6 Å². The Hall–Kier alpha value is -2.71. The van der Waals surface area contributed by atoms with Crippen LogP contribution in [0.2, 0.25) is 0 Å². The van der Waals surface area contributed by atoms with Gasteiger partial charge in [0.25, 0.3) is 5.56 Å². The molecule has 0 amide bonds. The van der Waals surface area contributed by atoms with Crippen molar-refractivity contribution in [2.75, 3.05) is 19.6 Å². The zero-order valence-corrected chi connectivity index (χ0v) is 16.4. The van der Waals surface area contributed by atoms with E-state index in [-0.39, 0.29) is 5.56 Å². The van der Waals surface area contributed by atoms with E-state index in [1.54, 1.807) is 10.7 Å². The van der Waals surface area contributed by atoms with Crippen molar-refractivity contribution < 1.29 is 9.52 Å². The predicted octanol–water partition coefficient (Wildman–Crippen LogP) is 1.61. The van der Waals surface area contributed by atoms with Crippen LogP contribution in [0.15, 0.2) is 39.5 Å². The van der Waals surface area contributed by atoms with Crippen LogP contribution in [-0.2, 0) is 6.54 Å². The van der Waals surface area contributed by atoms with Gasteiger partial charge in [0, 0.05) is 37.3 Å². The lowest BCUT2D eigenvalue weighted by Crippen LogP contribution is -2.50. The van der Waals surface area contributed by atoms with Crippen LogP contribution in [0.25, 0.3) is 5.82 Å². The Balaban J connectivity index is 1.37. The van der Waals surface area contributed by atoms with Crippen LogP contribution < -0.4 is 5.56 Å². The first-order chi connectivity index (χ1) is 13.4. The molecule has 3 aromatic rings. The minimum absolute atomic E-state index is 0.116. The molecule has 0 saturated carbocycles. The van der Waals surface area contributed by atoms with Gasteiger partial charge in [-0.05, 0) is 45.0 Å². The first-order valence-corrected chi connectivity index (χ1v) is 9.47. The average Bonchev–Trinajstić information content (AvgIpc) is 3.19. The van der Waals surface area contributed by atoms with Gasteiger partial charge in [-0.15, -0.1) is 5.10 Å². The third kappa shape index (κ3) is 3.79. The summed E-state index contributed by atoms with van der Waals surface area (Å²) < 4.78 is 8.74. The molecule has 3 aromatic heterocycles. The van der Waals surface area contributed by atoms with Crippen molar-refractivity contribution in [3.8, 4) is 5.82 Å². The maximum absolute atomic E-state index is 12.2. The monoisotopic (exact) mass is 383 g/mol. The molecule has 0 aromatic carbocycles. The van der Waals surface area contributed by atoms with E-state index in [0.29, 0.717) is 30.6 Å². The van der Waals surface area contributed by atoms with Crippen LogP contribution in [0.3, 0.4) is 0 Å². The molecule has 0 spiro atoms. The number of rotatable bonds is 6. The Labute approximate surface area is 163 Å². The summed E-state index contributed by atoms with van der Waals surface area (Å²) in [5, 5.41) is 19.2. The second-order valence-electron chi connectivity index (χ2n) is 7.60. The van der Waals surface area contributed by atoms with Gasteiger partial charge in [0.15, 0.2) is 5.82 Å². The number of furan rings is 1. The molecule has 4 rings (SSSR count). The van der Waals surface area contributed by atoms with Crippen molar-refractivity contribution in [3.63, 3.8) is 0 Å². The van der Waals surface area contributed by atoms with E-state index < -0.39 is 6.10 Å². The summed E-state index contributed by atoms with van der Waals surface area (Å²) in [6.45, 7) is 8.47. The van der Waals surface area contributed by atoms with E-state index in [1.165, 1.54) is 10.7 Å². The van der Waals surface area contributed by atoms with Crippen molar-refractivity contribution in [1.29, 1.82) is 0 Å². The predicted molar refractivity (Wildman–Crippen MR) is 103 cm³/mol. The molecule has 0 aliphatic carbocycles. The molecule has 1 N–H and O–H groups in total. The summed E-state index contributed by atoms with van der Waals surface area (Å²) in [5.74, 6) is 2.36. The molecule has 1 unspecified atom stereocenters. The molecule has 0 radical (unpaired) electrons. The lowest BCUT2D eigenvalue weighted by molar-refractivity contribution is 0.0232. The van der Waals surface area contributed by atoms with E-state index in [0.717, 1.165) is 30.2 Å². The molecule has 0 bridgehead atoms. The van der Waals surface area contributed by atoms with E-state index in [9.17, 15) is 9.90 Å². The largest absolute Gasteiger partial charge is 0.464 e. The fourth-order valence-electron chi connectivity index (χ4n) is 3.70. The van der Waals surface area contributed by atoms with Crippen molar-refractivity contribution in [2.45, 2.75) is 33.4 Å². The number of aromatic nitrogens is 4. The molecule has 4 heterocycles. The fraction of sp³-hybridized carbons (Fsp3) is 0.450. The summed E-state index contributed by atoms with van der Waals surface area (Å²) in [7, 11) is 0. The van der Waals surface area contributed by atoms with Crippen LogP contribution in [0.1, 0.15) is 29.0 Å². The Morgan fingerprint density at radius 3 is 2.61 bits per heavy atom. The van der Waals surface area contributed by atoms with Gasteiger partial charge in [-0.2, -0.15) is 5.10 Å². The number of nitrogens with zero attached hydrogens (tertiary/aromatic N) is 5. The van der Waals surface area contributed by atoms with E-state index in [1.807, 2.05) is 39.0 Å². The van der Waals surface area contributed by atoms with Gasteiger partial charge in [0.05, 0.1) is 12.2 Å². The molecule has 1 aliphatic heterocycles. The zero-order chi connectivity index (χ0) is 19.8. The maximum atomic E-state index is 12.2. The second kappa shape index (κ2) is 7.37. The van der Waals surface area contributed by atoms with Crippen LogP contribution in [0.5, 0.6) is 0 Å². The molecule has 148 valence electrons. The molecule has 8 heteroatoms. The Bertz CT molecular complexity index is 1030. The number of aliphatic hydroxyl groups is 1. The first kappa shape index (κ1) is 18.6. The average molecular weight is 383 g/mol. The van der Waals surface area contributed by atoms with Crippen molar-refractivity contribution >= 4 is 0 Å². The minimum Gasteiger partial charge on any atom is -0.464 e. The highest BCUT2D eigenvalue weighted by atomic mass is 16.4. The summed E-state index contributed by atoms with van der Waals surface area (Å²) in [6, 6.07) is 8.88. The van der Waals surface area contributed by atoms with Crippen LogP contribution in [0, 0.1) is 26.7 Å². The quantitative estimate of drug-likeness (QED) is 0.696. The van der Waals surface area contributed by atoms with Gasteiger partial charge in [0.2, 0.25) is 0 Å². The van der Waals surface area contributed by atoms with Gasteiger partial charge in [0.1, 0.15) is 17.6 Å². The summed E-state index contributed by atoms with van der Waals surface area (Å²) in [4.78, 5) is 14.4. The number of β-amino-alcohol motifs (C(OH)–C–C–N with tert-alkyl or cyclic N) is 1. The fourth-order valence-corrected chi connectivity index (χ4v) is 3.70. The topological polar surface area (TPSA) is 89.3 Å². The number of likely N-dealkylation sites (tertiary alicyclic amines) is 1. The van der Waals surface area contributed by atoms with Gasteiger partial charge >= 0.3 is 0 Å². The van der Waals surface area contributed by atoms with E-state index in [2.05, 4.69) is 15.1 Å². The highest BCUT2D eigenvalue weighted by molar-refractivity contribution is 5.23. The molecular formula is C20H25N5O3. The van der Waals surface area contributed by atoms with Gasteiger partial charge in [-0.3, -0.25) is 9.69 Å². The summed E-state index contributed by atoms with van der Waals surface area (Å²) in [5.41, 5.74) is 1.78. The van der Waals surface area contributed by atoms with E-state index in [4.69, 9.17) is 4.42 Å². The zero-order valence-electron chi connectivity index (χ0n) is 16.4. The number of aliphatic hydroxyl groups excluding tert-OH is 1. The van der Waals surface area contributed by atoms with Crippen LogP contribution in [-0.4, -0.2) is 49.2 Å². The highest BCUT2D eigenvalue weighted by Gasteiger charge is 2.30. The number of aryl methyl sites for hydroxylation is 3. The third-order valence-corrected chi connectivity index (χ3v) is 5.06. The maximum Gasteiger partial charge on any atom is 0.266 e. The molecular weight excluding hydrogens is 358 g/mol. The molecule has 1 aliphatic rings. The van der Waals surface area contributed by atoms with Crippen LogP contribution in [0.4, 0.5) is 0 Å². The minimum atomic E-state index is -0.634. The SMILES string of the molecule is Cc1cc(C)n(-c2ccc(=O)n(CC3CN(CC(O)c4ccc(C)o4)C3)n2)n1. The number of hydrogen-bond donors (Lipinski definition) is 1. The molecule has 1 saturated heterocycles. The molecule has 1 atom stereocenters. The molecule has 1 fully saturated rings. The third-order valence-electron chi connectivity index (χ3n) is 5.06. The first-order valence-electron chi connectivity index (χ1n) is 9.47. The van der Waals surface area contributed by atoms with Crippen molar-refractivity contribution in [2.24, 2.45) is 5.92 Å². The normalized spacial score (nSPS) is 16.3. The molecule has 28 heavy (non-hydrogen) atoms. The Morgan fingerprint density at radius 2 is 1.96 bits per heavy atom. The lowest BCUT2D eigenvalue weighted by atomic mass is 9.99. The lowest BCUT2D eigenvalue weighted by Gasteiger charge is -2.40. The van der Waals surface area contributed by atoms with Crippen molar-refractivity contribution in [1.82, 2.24) is 24.5 Å². The highest BCUT2D eigenvalue weighted by Crippen LogP contribution is 2.23.